The van der Waals surface area contributed by atoms with Crippen LogP contribution in [0.2, 0.25) is 5.02 Å². The molecule has 0 unspecified atom stereocenters. The van der Waals surface area contributed by atoms with Crippen molar-refractivity contribution in [1.29, 1.82) is 0 Å². The standard InChI is InChI=1S/C30H32ClN3O6S2/c1-30(2,3)40-29(38)34-13-12-22-23(16-34)42-27(26(22)28(37)39-4)33-25(36)17-41-21-7-5-6-20(15-21)32-24(35)14-18-8-10-19(31)11-9-18/h5-11,15H,12-14,16-17H2,1-4H3,(H,32,35)(H,33,36). The number of carbonyl (C=O) groups excluding carboxylic acids is 4. The predicted octanol–water partition coefficient (Wildman–Crippen LogP) is 6.39. The van der Waals surface area contributed by atoms with E-state index in [9.17, 15) is 19.2 Å². The van der Waals surface area contributed by atoms with Crippen molar-refractivity contribution in [3.63, 3.8) is 0 Å². The van der Waals surface area contributed by atoms with E-state index < -0.39 is 17.7 Å². The molecule has 0 saturated carbocycles. The van der Waals surface area contributed by atoms with Crippen LogP contribution in [0.1, 0.15) is 47.1 Å². The first-order valence-electron chi connectivity index (χ1n) is 13.2. The first-order valence-corrected chi connectivity index (χ1v) is 15.4. The van der Waals surface area contributed by atoms with Gasteiger partial charge in [-0.25, -0.2) is 9.59 Å². The van der Waals surface area contributed by atoms with Gasteiger partial charge in [0, 0.05) is 27.0 Å². The van der Waals surface area contributed by atoms with Gasteiger partial charge in [-0.05, 0) is 68.7 Å². The highest BCUT2D eigenvalue weighted by Gasteiger charge is 2.32. The number of thioether (sulfide) groups is 1. The smallest absolute Gasteiger partial charge is 0.410 e. The van der Waals surface area contributed by atoms with Gasteiger partial charge in [0.2, 0.25) is 11.8 Å². The molecule has 0 bridgehead atoms. The molecule has 42 heavy (non-hydrogen) atoms. The minimum absolute atomic E-state index is 0.0788. The zero-order valence-electron chi connectivity index (χ0n) is 23.7. The molecule has 2 N–H and O–H groups in total. The van der Waals surface area contributed by atoms with Crippen LogP contribution < -0.4 is 10.6 Å². The number of thiophene rings is 1. The van der Waals surface area contributed by atoms with Crippen molar-refractivity contribution in [2.75, 3.05) is 30.0 Å². The minimum Gasteiger partial charge on any atom is -0.465 e. The molecular weight excluding hydrogens is 598 g/mol. The molecule has 4 rings (SSSR count). The van der Waals surface area contributed by atoms with Crippen LogP contribution >= 0.6 is 34.7 Å². The molecule has 2 heterocycles. The Morgan fingerprint density at radius 3 is 2.48 bits per heavy atom. The summed E-state index contributed by atoms with van der Waals surface area (Å²) in [6.45, 7) is 6.09. The highest BCUT2D eigenvalue weighted by molar-refractivity contribution is 8.00. The number of hydrogen-bond acceptors (Lipinski definition) is 8. The monoisotopic (exact) mass is 629 g/mol. The van der Waals surface area contributed by atoms with Crippen molar-refractivity contribution >= 4 is 69.3 Å². The molecule has 0 atom stereocenters. The van der Waals surface area contributed by atoms with Crippen LogP contribution in [0.5, 0.6) is 0 Å². The number of nitrogens with zero attached hydrogens (tertiary/aromatic N) is 1. The zero-order valence-corrected chi connectivity index (χ0v) is 26.1. The van der Waals surface area contributed by atoms with Crippen LogP contribution in [0.15, 0.2) is 53.4 Å². The molecule has 2 aromatic carbocycles. The molecule has 3 aromatic rings. The Bertz CT molecular complexity index is 1480. The SMILES string of the molecule is COC(=O)c1c(NC(=O)CSc2cccc(NC(=O)Cc3ccc(Cl)cc3)c2)sc2c1CCN(C(=O)OC(C)(C)C)C2. The van der Waals surface area contributed by atoms with Crippen molar-refractivity contribution in [3.05, 3.63) is 75.1 Å². The molecule has 12 heteroatoms. The average Bonchev–Trinajstić information content (AvgIpc) is 3.29. The van der Waals surface area contributed by atoms with Gasteiger partial charge >= 0.3 is 12.1 Å². The lowest BCUT2D eigenvalue weighted by Crippen LogP contribution is -2.39. The maximum absolute atomic E-state index is 12.9. The van der Waals surface area contributed by atoms with E-state index in [1.165, 1.54) is 30.2 Å². The van der Waals surface area contributed by atoms with E-state index in [0.717, 1.165) is 20.9 Å². The lowest BCUT2D eigenvalue weighted by atomic mass is 10.0. The number of amides is 3. The number of benzene rings is 2. The van der Waals surface area contributed by atoms with Crippen LogP contribution in [-0.4, -0.2) is 53.8 Å². The fraction of sp³-hybridized carbons (Fsp3) is 0.333. The van der Waals surface area contributed by atoms with Gasteiger partial charge in [-0.2, -0.15) is 0 Å². The molecule has 9 nitrogen and oxygen atoms in total. The largest absolute Gasteiger partial charge is 0.465 e. The maximum atomic E-state index is 12.9. The van der Waals surface area contributed by atoms with Gasteiger partial charge in [0.1, 0.15) is 10.6 Å². The normalized spacial score (nSPS) is 12.7. The lowest BCUT2D eigenvalue weighted by molar-refractivity contribution is -0.115. The third kappa shape index (κ3) is 8.50. The number of esters is 1. The second-order valence-corrected chi connectivity index (χ2v) is 13.2. The van der Waals surface area contributed by atoms with Crippen molar-refractivity contribution in [1.82, 2.24) is 4.90 Å². The van der Waals surface area contributed by atoms with E-state index in [-0.39, 0.29) is 30.5 Å². The Kier molecular flexibility index (Phi) is 10.2. The zero-order chi connectivity index (χ0) is 30.4. The molecule has 0 spiro atoms. The lowest BCUT2D eigenvalue weighted by Gasteiger charge is -2.30. The third-order valence-electron chi connectivity index (χ3n) is 6.12. The number of rotatable bonds is 8. The van der Waals surface area contributed by atoms with Crippen LogP contribution in [0.25, 0.3) is 0 Å². The number of ether oxygens (including phenoxy) is 2. The van der Waals surface area contributed by atoms with Crippen molar-refractivity contribution < 1.29 is 28.7 Å². The number of anilines is 2. The van der Waals surface area contributed by atoms with Gasteiger partial charge in [-0.3, -0.25) is 9.59 Å². The van der Waals surface area contributed by atoms with Crippen LogP contribution in [0.4, 0.5) is 15.5 Å². The van der Waals surface area contributed by atoms with E-state index in [0.29, 0.717) is 34.2 Å². The molecule has 1 aromatic heterocycles. The second kappa shape index (κ2) is 13.6. The first-order chi connectivity index (χ1) is 19.9. The molecule has 0 aliphatic carbocycles. The highest BCUT2D eigenvalue weighted by Crippen LogP contribution is 2.38. The fourth-order valence-corrected chi connectivity index (χ4v) is 6.41. The summed E-state index contributed by atoms with van der Waals surface area (Å²) >= 11 is 8.47. The summed E-state index contributed by atoms with van der Waals surface area (Å²) in [5.41, 5.74) is 1.94. The van der Waals surface area contributed by atoms with Crippen LogP contribution in [-0.2, 0) is 38.4 Å². The summed E-state index contributed by atoms with van der Waals surface area (Å²) in [4.78, 5) is 53.9. The minimum atomic E-state index is -0.622. The molecule has 222 valence electrons. The number of methoxy groups -OCH3 is 1. The van der Waals surface area contributed by atoms with Crippen molar-refractivity contribution in [2.45, 2.75) is 50.7 Å². The van der Waals surface area contributed by atoms with Gasteiger partial charge in [-0.15, -0.1) is 23.1 Å². The van der Waals surface area contributed by atoms with Crippen LogP contribution in [0, 0.1) is 0 Å². The summed E-state index contributed by atoms with van der Waals surface area (Å²) in [6, 6.07) is 14.3. The summed E-state index contributed by atoms with van der Waals surface area (Å²) < 4.78 is 10.5. The van der Waals surface area contributed by atoms with Crippen molar-refractivity contribution in [3.8, 4) is 0 Å². The Morgan fingerprint density at radius 2 is 1.79 bits per heavy atom. The number of nitrogens with one attached hydrogen (secondary N) is 2. The Hall–Kier alpha value is -3.54. The third-order valence-corrected chi connectivity index (χ3v) is 8.49. The van der Waals surface area contributed by atoms with E-state index in [1.807, 2.05) is 26.8 Å². The average molecular weight is 630 g/mol. The molecule has 0 radical (unpaired) electrons. The topological polar surface area (TPSA) is 114 Å². The summed E-state index contributed by atoms with van der Waals surface area (Å²) in [7, 11) is 1.30. The molecule has 0 fully saturated rings. The quantitative estimate of drug-likeness (QED) is 0.219. The van der Waals surface area contributed by atoms with E-state index >= 15 is 0 Å². The van der Waals surface area contributed by atoms with Crippen LogP contribution in [0.3, 0.4) is 0 Å². The first kappa shape index (κ1) is 31.4. The second-order valence-electron chi connectivity index (χ2n) is 10.6. The van der Waals surface area contributed by atoms with E-state index in [1.54, 1.807) is 47.4 Å². The molecule has 0 saturated heterocycles. The molecule has 1 aliphatic rings. The van der Waals surface area contributed by atoms with Crippen molar-refractivity contribution in [2.24, 2.45) is 0 Å². The Balaban J connectivity index is 1.37. The fourth-order valence-electron chi connectivity index (χ4n) is 4.26. The maximum Gasteiger partial charge on any atom is 0.410 e. The molecular formula is C30H32ClN3O6S2. The number of fused-ring (bicyclic) bond motifs is 1. The van der Waals surface area contributed by atoms with Gasteiger partial charge in [0.15, 0.2) is 0 Å². The highest BCUT2D eigenvalue weighted by atomic mass is 35.5. The predicted molar refractivity (Wildman–Crippen MR) is 166 cm³/mol. The number of carbonyl (C=O) groups is 4. The number of halogens is 1. The molecule has 1 aliphatic heterocycles. The summed E-state index contributed by atoms with van der Waals surface area (Å²) in [6.07, 6.45) is 0.225. The van der Waals surface area contributed by atoms with Gasteiger partial charge in [-0.1, -0.05) is 29.8 Å². The van der Waals surface area contributed by atoms with Gasteiger partial charge < -0.3 is 25.0 Å². The Morgan fingerprint density at radius 1 is 1.05 bits per heavy atom. The van der Waals surface area contributed by atoms with Gasteiger partial charge in [0.05, 0.1) is 31.4 Å². The van der Waals surface area contributed by atoms with E-state index in [4.69, 9.17) is 21.1 Å². The molecule has 3 amide bonds. The van der Waals surface area contributed by atoms with Gasteiger partial charge in [0.25, 0.3) is 0 Å². The number of hydrogen-bond donors (Lipinski definition) is 2. The van der Waals surface area contributed by atoms with E-state index in [2.05, 4.69) is 10.6 Å². The summed E-state index contributed by atoms with van der Waals surface area (Å²) in [5.74, 6) is -0.928. The summed E-state index contributed by atoms with van der Waals surface area (Å²) in [5, 5.41) is 6.74. The Labute approximate surface area is 257 Å².